The van der Waals surface area contributed by atoms with Crippen LogP contribution >= 0.6 is 0 Å². The Morgan fingerprint density at radius 3 is 2.77 bits per heavy atom. The molecule has 0 spiro atoms. The maximum atomic E-state index is 13.0. The van der Waals surface area contributed by atoms with E-state index >= 15 is 0 Å². The minimum Gasteiger partial charge on any atom is -0.396 e. The van der Waals surface area contributed by atoms with Gasteiger partial charge in [-0.15, -0.1) is 0 Å². The molecule has 0 unspecified atom stereocenters. The van der Waals surface area contributed by atoms with Gasteiger partial charge in [0.25, 0.3) is 5.91 Å². The second-order valence-corrected chi connectivity index (χ2v) is 8.62. The Morgan fingerprint density at radius 1 is 1.42 bits per heavy atom. The minimum atomic E-state index is -3.69. The molecule has 1 amide bonds. The molecule has 1 aromatic carbocycles. The monoisotopic (exact) mass is 380 g/mol. The molecule has 0 radical (unpaired) electrons. The molecule has 0 saturated carbocycles. The van der Waals surface area contributed by atoms with Crippen LogP contribution in [0.15, 0.2) is 41.3 Å². The van der Waals surface area contributed by atoms with Crippen molar-refractivity contribution in [2.45, 2.75) is 44.0 Å². The third kappa shape index (κ3) is 4.52. The summed E-state index contributed by atoms with van der Waals surface area (Å²) in [6.07, 6.45) is 1.96. The van der Waals surface area contributed by atoms with Crippen molar-refractivity contribution in [3.63, 3.8) is 0 Å². The first-order chi connectivity index (χ1) is 12.3. The summed E-state index contributed by atoms with van der Waals surface area (Å²) in [7, 11) is -3.69. The van der Waals surface area contributed by atoms with E-state index in [9.17, 15) is 18.3 Å². The molecule has 1 N–H and O–H groups in total. The van der Waals surface area contributed by atoms with E-state index in [-0.39, 0.29) is 23.5 Å². The third-order valence-electron chi connectivity index (χ3n) is 4.60. The number of aliphatic hydroxyl groups excluding tert-OH is 1. The SMILES string of the molecule is C=C(C)CN(CC)C(=O)c1cccc(S(=O)(=O)N2CCC[C@H]2CCO)c1. The van der Waals surface area contributed by atoms with Crippen LogP contribution in [0, 0.1) is 0 Å². The molecule has 1 heterocycles. The quantitative estimate of drug-likeness (QED) is 0.702. The number of benzene rings is 1. The zero-order chi connectivity index (χ0) is 19.3. The molecular formula is C19H28N2O4S. The Balaban J connectivity index is 2.30. The normalized spacial score (nSPS) is 18.0. The number of amides is 1. The summed E-state index contributed by atoms with van der Waals surface area (Å²) in [6.45, 7) is 8.94. The number of carbonyl (C=O) groups is 1. The van der Waals surface area contributed by atoms with E-state index in [0.717, 1.165) is 18.4 Å². The summed E-state index contributed by atoms with van der Waals surface area (Å²) in [5.74, 6) is -0.208. The van der Waals surface area contributed by atoms with Crippen molar-refractivity contribution < 1.29 is 18.3 Å². The number of hydrogen-bond acceptors (Lipinski definition) is 4. The van der Waals surface area contributed by atoms with E-state index in [4.69, 9.17) is 0 Å². The van der Waals surface area contributed by atoms with Gasteiger partial charge >= 0.3 is 0 Å². The lowest BCUT2D eigenvalue weighted by Gasteiger charge is -2.24. The fraction of sp³-hybridized carbons (Fsp3) is 0.526. The Hall–Kier alpha value is -1.70. The highest BCUT2D eigenvalue weighted by Crippen LogP contribution is 2.28. The average molecular weight is 381 g/mol. The van der Waals surface area contributed by atoms with Gasteiger partial charge in [-0.3, -0.25) is 4.79 Å². The summed E-state index contributed by atoms with van der Waals surface area (Å²) in [6, 6.07) is 6.03. The van der Waals surface area contributed by atoms with Crippen molar-refractivity contribution in [1.82, 2.24) is 9.21 Å². The van der Waals surface area contributed by atoms with Gasteiger partial charge in [0.15, 0.2) is 0 Å². The summed E-state index contributed by atoms with van der Waals surface area (Å²) in [4.78, 5) is 14.5. The number of sulfonamides is 1. The fourth-order valence-electron chi connectivity index (χ4n) is 3.32. The Kier molecular flexibility index (Phi) is 6.97. The van der Waals surface area contributed by atoms with Crippen molar-refractivity contribution in [1.29, 1.82) is 0 Å². The lowest BCUT2D eigenvalue weighted by atomic mass is 10.2. The van der Waals surface area contributed by atoms with E-state index < -0.39 is 10.0 Å². The summed E-state index contributed by atoms with van der Waals surface area (Å²) in [5.41, 5.74) is 1.22. The molecule has 1 atom stereocenters. The molecule has 1 saturated heterocycles. The van der Waals surface area contributed by atoms with Crippen LogP contribution in [-0.4, -0.2) is 60.9 Å². The molecule has 1 fully saturated rings. The first kappa shape index (κ1) is 20.6. The van der Waals surface area contributed by atoms with Crippen LogP contribution in [0.2, 0.25) is 0 Å². The largest absolute Gasteiger partial charge is 0.396 e. The number of carbonyl (C=O) groups excluding carboxylic acids is 1. The van der Waals surface area contributed by atoms with Crippen LogP contribution in [0.25, 0.3) is 0 Å². The molecule has 0 bridgehead atoms. The zero-order valence-corrected chi connectivity index (χ0v) is 16.3. The van der Waals surface area contributed by atoms with Crippen LogP contribution in [0.1, 0.15) is 43.5 Å². The highest BCUT2D eigenvalue weighted by molar-refractivity contribution is 7.89. The summed E-state index contributed by atoms with van der Waals surface area (Å²) in [5, 5.41) is 9.18. The highest BCUT2D eigenvalue weighted by atomic mass is 32.2. The number of rotatable bonds is 8. The van der Waals surface area contributed by atoms with Gasteiger partial charge in [-0.05, 0) is 51.3 Å². The molecule has 7 heteroatoms. The predicted molar refractivity (Wildman–Crippen MR) is 101 cm³/mol. The lowest BCUT2D eigenvalue weighted by molar-refractivity contribution is 0.0778. The van der Waals surface area contributed by atoms with E-state index in [0.29, 0.717) is 31.6 Å². The molecule has 144 valence electrons. The van der Waals surface area contributed by atoms with Gasteiger partial charge in [0, 0.05) is 37.8 Å². The maximum Gasteiger partial charge on any atom is 0.254 e. The second-order valence-electron chi connectivity index (χ2n) is 6.73. The Bertz CT molecular complexity index is 761. The van der Waals surface area contributed by atoms with Crippen LogP contribution in [0.4, 0.5) is 0 Å². The Morgan fingerprint density at radius 2 is 2.15 bits per heavy atom. The molecule has 6 nitrogen and oxygen atoms in total. The standard InChI is InChI=1S/C19H28N2O4S/c1-4-20(14-15(2)3)19(23)16-7-5-9-18(13-16)26(24,25)21-11-6-8-17(21)10-12-22/h5,7,9,13,17,22H,2,4,6,8,10-12,14H2,1,3H3/t17-/m0/s1. The van der Waals surface area contributed by atoms with Crippen molar-refractivity contribution in [2.75, 3.05) is 26.2 Å². The first-order valence-corrected chi connectivity index (χ1v) is 10.4. The molecule has 1 aliphatic rings. The molecule has 1 aliphatic heterocycles. The van der Waals surface area contributed by atoms with Crippen LogP contribution in [0.5, 0.6) is 0 Å². The molecule has 2 rings (SSSR count). The number of nitrogens with zero attached hydrogens (tertiary/aromatic N) is 2. The van der Waals surface area contributed by atoms with Gasteiger partial charge in [-0.25, -0.2) is 8.42 Å². The second kappa shape index (κ2) is 8.79. The van der Waals surface area contributed by atoms with Crippen LogP contribution < -0.4 is 0 Å². The topological polar surface area (TPSA) is 77.9 Å². The lowest BCUT2D eigenvalue weighted by Crippen LogP contribution is -2.36. The van der Waals surface area contributed by atoms with Crippen molar-refractivity contribution in [3.8, 4) is 0 Å². The molecule has 26 heavy (non-hydrogen) atoms. The average Bonchev–Trinajstić information content (AvgIpc) is 3.08. The Labute approximate surface area is 156 Å². The van der Waals surface area contributed by atoms with E-state index in [1.54, 1.807) is 17.0 Å². The van der Waals surface area contributed by atoms with Crippen molar-refractivity contribution in [3.05, 3.63) is 42.0 Å². The first-order valence-electron chi connectivity index (χ1n) is 8.97. The third-order valence-corrected chi connectivity index (χ3v) is 6.55. The maximum absolute atomic E-state index is 13.0. The van der Waals surface area contributed by atoms with Crippen LogP contribution in [-0.2, 0) is 10.0 Å². The molecular weight excluding hydrogens is 352 g/mol. The van der Waals surface area contributed by atoms with Gasteiger partial charge < -0.3 is 10.0 Å². The number of aliphatic hydroxyl groups is 1. The van der Waals surface area contributed by atoms with E-state index in [2.05, 4.69) is 6.58 Å². The smallest absolute Gasteiger partial charge is 0.254 e. The van der Waals surface area contributed by atoms with Gasteiger partial charge in [0.05, 0.1) is 4.90 Å². The van der Waals surface area contributed by atoms with Gasteiger partial charge in [0.1, 0.15) is 0 Å². The van der Waals surface area contributed by atoms with E-state index in [1.165, 1.54) is 16.4 Å². The fourth-order valence-corrected chi connectivity index (χ4v) is 5.09. The van der Waals surface area contributed by atoms with Crippen molar-refractivity contribution >= 4 is 15.9 Å². The number of likely N-dealkylation sites (N-methyl/N-ethyl adjacent to an activating group) is 1. The molecule has 0 aliphatic carbocycles. The van der Waals surface area contributed by atoms with Gasteiger partial charge in [-0.2, -0.15) is 4.31 Å². The highest BCUT2D eigenvalue weighted by Gasteiger charge is 2.35. The predicted octanol–water partition coefficient (Wildman–Crippen LogP) is 2.26. The van der Waals surface area contributed by atoms with Crippen molar-refractivity contribution in [2.24, 2.45) is 0 Å². The summed E-state index contributed by atoms with van der Waals surface area (Å²) >= 11 is 0. The summed E-state index contributed by atoms with van der Waals surface area (Å²) < 4.78 is 27.5. The molecule has 0 aromatic heterocycles. The van der Waals surface area contributed by atoms with Gasteiger partial charge in [-0.1, -0.05) is 18.2 Å². The van der Waals surface area contributed by atoms with E-state index in [1.807, 2.05) is 13.8 Å². The molecule has 1 aromatic rings. The number of hydrogen-bond donors (Lipinski definition) is 1. The van der Waals surface area contributed by atoms with Crippen LogP contribution in [0.3, 0.4) is 0 Å². The minimum absolute atomic E-state index is 0.0401. The zero-order valence-electron chi connectivity index (χ0n) is 15.5. The van der Waals surface area contributed by atoms with Gasteiger partial charge in [0.2, 0.25) is 10.0 Å².